The van der Waals surface area contributed by atoms with Crippen LogP contribution in [0.1, 0.15) is 30.5 Å². The molecule has 2 aliphatic rings. The van der Waals surface area contributed by atoms with Gasteiger partial charge < -0.3 is 19.1 Å². The van der Waals surface area contributed by atoms with Crippen LogP contribution in [0.15, 0.2) is 71.8 Å². The predicted octanol–water partition coefficient (Wildman–Crippen LogP) is 4.74. The molecule has 8 nitrogen and oxygen atoms in total. The van der Waals surface area contributed by atoms with E-state index in [-0.39, 0.29) is 24.3 Å². The molecule has 2 aliphatic heterocycles. The third-order valence-corrected chi connectivity index (χ3v) is 7.39. The average molecular weight is 547 g/mol. The number of rotatable bonds is 9. The Labute approximate surface area is 234 Å². The molecule has 2 heterocycles. The zero-order valence-electron chi connectivity index (χ0n) is 23.2. The first-order valence-electron chi connectivity index (χ1n) is 13.6. The summed E-state index contributed by atoms with van der Waals surface area (Å²) in [5.41, 5.74) is 3.18. The van der Waals surface area contributed by atoms with Crippen molar-refractivity contribution in [3.05, 3.63) is 83.7 Å². The van der Waals surface area contributed by atoms with Gasteiger partial charge in [-0.3, -0.25) is 9.69 Å². The van der Waals surface area contributed by atoms with E-state index in [9.17, 15) is 9.18 Å². The lowest BCUT2D eigenvalue weighted by Gasteiger charge is -2.36. The SMILES string of the molecule is CCOc1ccc([C@@H]2CC(c3ccc(OC)cc3OC)=NN2C(=O)CN2CCN(c3ccccc3F)CC2)cc1. The number of carbonyl (C=O) groups is 1. The van der Waals surface area contributed by atoms with Crippen molar-refractivity contribution >= 4 is 17.3 Å². The quantitative estimate of drug-likeness (QED) is 0.386. The smallest absolute Gasteiger partial charge is 0.257 e. The van der Waals surface area contributed by atoms with Gasteiger partial charge in [-0.05, 0) is 48.9 Å². The number of halogens is 1. The van der Waals surface area contributed by atoms with Crippen LogP contribution in [0.2, 0.25) is 0 Å². The molecular weight excluding hydrogens is 511 g/mol. The molecule has 9 heteroatoms. The predicted molar refractivity (Wildman–Crippen MR) is 153 cm³/mol. The maximum absolute atomic E-state index is 14.3. The van der Waals surface area contributed by atoms with E-state index in [1.165, 1.54) is 6.07 Å². The average Bonchev–Trinajstić information content (AvgIpc) is 3.44. The van der Waals surface area contributed by atoms with E-state index in [0.717, 1.165) is 22.6 Å². The topological polar surface area (TPSA) is 66.8 Å². The fourth-order valence-electron chi connectivity index (χ4n) is 5.27. The zero-order valence-corrected chi connectivity index (χ0v) is 23.2. The molecule has 0 aliphatic carbocycles. The Morgan fingerprint density at radius 3 is 2.35 bits per heavy atom. The summed E-state index contributed by atoms with van der Waals surface area (Å²) in [4.78, 5) is 17.9. The number of anilines is 1. The minimum absolute atomic E-state index is 0.0827. The number of hydrogen-bond donors (Lipinski definition) is 0. The summed E-state index contributed by atoms with van der Waals surface area (Å²) in [5, 5.41) is 6.45. The van der Waals surface area contributed by atoms with Crippen LogP contribution in [0.4, 0.5) is 10.1 Å². The summed E-state index contributed by atoms with van der Waals surface area (Å²) in [7, 11) is 3.22. The maximum atomic E-state index is 14.3. The van der Waals surface area contributed by atoms with Gasteiger partial charge in [0.2, 0.25) is 0 Å². The number of methoxy groups -OCH3 is 2. The van der Waals surface area contributed by atoms with Crippen molar-refractivity contribution in [3.8, 4) is 17.2 Å². The minimum atomic E-state index is -0.260. The Balaban J connectivity index is 1.35. The number of ether oxygens (including phenoxy) is 3. The van der Waals surface area contributed by atoms with Gasteiger partial charge in [-0.1, -0.05) is 24.3 Å². The van der Waals surface area contributed by atoms with Gasteiger partial charge in [0.15, 0.2) is 0 Å². The van der Waals surface area contributed by atoms with Gasteiger partial charge in [0.05, 0.1) is 44.8 Å². The molecule has 3 aromatic rings. The van der Waals surface area contributed by atoms with Crippen LogP contribution < -0.4 is 19.1 Å². The number of amides is 1. The van der Waals surface area contributed by atoms with Crippen LogP contribution in [0, 0.1) is 5.82 Å². The number of piperazine rings is 1. The number of para-hydroxylation sites is 1. The maximum Gasteiger partial charge on any atom is 0.257 e. The van der Waals surface area contributed by atoms with E-state index in [2.05, 4.69) is 4.90 Å². The van der Waals surface area contributed by atoms with E-state index in [1.807, 2.05) is 60.4 Å². The highest BCUT2D eigenvalue weighted by atomic mass is 19.1. The monoisotopic (exact) mass is 546 g/mol. The lowest BCUT2D eigenvalue weighted by molar-refractivity contribution is -0.134. The number of hydrazone groups is 1. The van der Waals surface area contributed by atoms with Crippen molar-refractivity contribution in [2.24, 2.45) is 5.10 Å². The standard InChI is InChI=1S/C31H35FN4O4/c1-4-40-23-11-9-22(10-12-23)29-20-27(25-14-13-24(38-2)19-30(25)39-3)33-36(29)31(37)21-34-15-17-35(18-16-34)28-8-6-5-7-26(28)32/h5-14,19,29H,4,15-18,20-21H2,1-3H3/t29-/m0/s1. The molecule has 0 spiro atoms. The Kier molecular flexibility index (Phi) is 8.50. The largest absolute Gasteiger partial charge is 0.497 e. The lowest BCUT2D eigenvalue weighted by Crippen LogP contribution is -2.49. The molecule has 0 bridgehead atoms. The molecule has 40 heavy (non-hydrogen) atoms. The van der Waals surface area contributed by atoms with E-state index in [4.69, 9.17) is 19.3 Å². The first kappa shape index (κ1) is 27.5. The number of hydrogen-bond acceptors (Lipinski definition) is 7. The molecule has 1 amide bonds. The van der Waals surface area contributed by atoms with Crippen molar-refractivity contribution in [2.45, 2.75) is 19.4 Å². The summed E-state index contributed by atoms with van der Waals surface area (Å²) in [6.07, 6.45) is 0.545. The molecular formula is C31H35FN4O4. The van der Waals surface area contributed by atoms with Crippen LogP contribution >= 0.6 is 0 Å². The first-order valence-corrected chi connectivity index (χ1v) is 13.6. The van der Waals surface area contributed by atoms with Crippen molar-refractivity contribution in [1.29, 1.82) is 0 Å². The molecule has 1 atom stereocenters. The Hall–Kier alpha value is -4.11. The zero-order chi connectivity index (χ0) is 28.1. The fourth-order valence-corrected chi connectivity index (χ4v) is 5.27. The summed E-state index contributed by atoms with van der Waals surface area (Å²) in [6.45, 7) is 5.37. The van der Waals surface area contributed by atoms with Crippen LogP contribution in [-0.2, 0) is 4.79 Å². The molecule has 1 fully saturated rings. The normalized spacial score (nSPS) is 17.5. The second-order valence-corrected chi connectivity index (χ2v) is 9.79. The molecule has 0 N–H and O–H groups in total. The van der Waals surface area contributed by atoms with Gasteiger partial charge in [0.1, 0.15) is 23.1 Å². The fraction of sp³-hybridized carbons (Fsp3) is 0.355. The summed E-state index contributed by atoms with van der Waals surface area (Å²) in [6, 6.07) is 20.0. The van der Waals surface area contributed by atoms with Gasteiger partial charge in [-0.2, -0.15) is 5.10 Å². The van der Waals surface area contributed by atoms with Crippen molar-refractivity contribution < 1.29 is 23.4 Å². The summed E-state index contributed by atoms with van der Waals surface area (Å²) >= 11 is 0. The van der Waals surface area contributed by atoms with Crippen molar-refractivity contribution in [3.63, 3.8) is 0 Å². The van der Waals surface area contributed by atoms with Gasteiger partial charge in [0.25, 0.3) is 5.91 Å². The summed E-state index contributed by atoms with van der Waals surface area (Å²) in [5.74, 6) is 1.80. The highest BCUT2D eigenvalue weighted by Crippen LogP contribution is 2.37. The third kappa shape index (κ3) is 5.89. The van der Waals surface area contributed by atoms with Crippen LogP contribution in [0.25, 0.3) is 0 Å². The van der Waals surface area contributed by atoms with Gasteiger partial charge in [-0.25, -0.2) is 9.40 Å². The van der Waals surface area contributed by atoms with Crippen molar-refractivity contribution in [1.82, 2.24) is 9.91 Å². The molecule has 1 saturated heterocycles. The molecule has 0 radical (unpaired) electrons. The van der Waals surface area contributed by atoms with E-state index in [0.29, 0.717) is 56.4 Å². The second-order valence-electron chi connectivity index (χ2n) is 9.79. The van der Waals surface area contributed by atoms with E-state index >= 15 is 0 Å². The molecule has 0 aromatic heterocycles. The number of nitrogens with zero attached hydrogens (tertiary/aromatic N) is 4. The lowest BCUT2D eigenvalue weighted by atomic mass is 9.97. The third-order valence-electron chi connectivity index (χ3n) is 7.39. The molecule has 3 aromatic carbocycles. The van der Waals surface area contributed by atoms with Crippen LogP contribution in [-0.4, -0.2) is 75.1 Å². The Morgan fingerprint density at radius 1 is 0.950 bits per heavy atom. The molecule has 0 unspecified atom stereocenters. The molecule has 210 valence electrons. The van der Waals surface area contributed by atoms with E-state index < -0.39 is 0 Å². The van der Waals surface area contributed by atoms with Crippen LogP contribution in [0.3, 0.4) is 0 Å². The highest BCUT2D eigenvalue weighted by molar-refractivity contribution is 6.05. The van der Waals surface area contributed by atoms with Crippen molar-refractivity contribution in [2.75, 3.05) is 58.5 Å². The molecule has 0 saturated carbocycles. The summed E-state index contributed by atoms with van der Waals surface area (Å²) < 4.78 is 30.9. The number of carbonyl (C=O) groups excluding carboxylic acids is 1. The Bertz CT molecular complexity index is 1360. The first-order chi connectivity index (χ1) is 19.5. The second kappa shape index (κ2) is 12.4. The minimum Gasteiger partial charge on any atom is -0.497 e. The molecule has 5 rings (SSSR count). The number of benzene rings is 3. The van der Waals surface area contributed by atoms with E-state index in [1.54, 1.807) is 31.4 Å². The highest BCUT2D eigenvalue weighted by Gasteiger charge is 2.35. The van der Waals surface area contributed by atoms with Gasteiger partial charge in [0, 0.05) is 44.2 Å². The van der Waals surface area contributed by atoms with Gasteiger partial charge >= 0.3 is 0 Å². The van der Waals surface area contributed by atoms with Crippen LogP contribution in [0.5, 0.6) is 17.2 Å². The van der Waals surface area contributed by atoms with Gasteiger partial charge in [-0.15, -0.1) is 0 Å². The Morgan fingerprint density at radius 2 is 1.68 bits per heavy atom.